The van der Waals surface area contributed by atoms with Crippen LogP contribution in [0, 0.1) is 6.92 Å². The highest BCUT2D eigenvalue weighted by Gasteiger charge is 2.23. The number of carbonyl (C=O) groups is 1. The number of anilines is 3. The predicted octanol–water partition coefficient (Wildman–Crippen LogP) is 4.14. The van der Waals surface area contributed by atoms with E-state index >= 15 is 0 Å². The minimum absolute atomic E-state index is 0.00265. The van der Waals surface area contributed by atoms with E-state index in [1.165, 1.54) is 5.56 Å². The zero-order valence-corrected chi connectivity index (χ0v) is 16.9. The van der Waals surface area contributed by atoms with Gasteiger partial charge >= 0.3 is 0 Å². The summed E-state index contributed by atoms with van der Waals surface area (Å²) in [6.07, 6.45) is 1.75. The van der Waals surface area contributed by atoms with Crippen LogP contribution in [-0.2, 0) is 0 Å². The largest absolute Gasteiger partial charge is 0.340 e. The van der Waals surface area contributed by atoms with E-state index in [0.29, 0.717) is 42.7 Å². The Balaban J connectivity index is 1.39. The molecule has 2 heterocycles. The van der Waals surface area contributed by atoms with Crippen molar-refractivity contribution in [3.8, 4) is 0 Å². The van der Waals surface area contributed by atoms with Gasteiger partial charge in [0, 0.05) is 48.6 Å². The first-order valence-corrected chi connectivity index (χ1v) is 9.93. The third kappa shape index (κ3) is 4.66. The van der Waals surface area contributed by atoms with Crippen molar-refractivity contribution in [1.82, 2.24) is 14.9 Å². The first kappa shape index (κ1) is 19.2. The van der Waals surface area contributed by atoms with Gasteiger partial charge in [0.05, 0.1) is 0 Å². The van der Waals surface area contributed by atoms with E-state index in [9.17, 15) is 4.79 Å². The van der Waals surface area contributed by atoms with E-state index in [1.807, 2.05) is 23.1 Å². The van der Waals surface area contributed by atoms with Gasteiger partial charge < -0.3 is 15.1 Å². The molecule has 1 fully saturated rings. The van der Waals surface area contributed by atoms with Crippen molar-refractivity contribution in [3.05, 3.63) is 76.9 Å². The molecule has 7 heteroatoms. The average molecular weight is 408 g/mol. The summed E-state index contributed by atoms with van der Waals surface area (Å²) in [5, 5.41) is 3.88. The summed E-state index contributed by atoms with van der Waals surface area (Å²) in [4.78, 5) is 25.7. The molecule has 1 aliphatic heterocycles. The van der Waals surface area contributed by atoms with Gasteiger partial charge in [0.25, 0.3) is 5.91 Å². The summed E-state index contributed by atoms with van der Waals surface area (Å²) in [5.74, 6) is 1.41. The molecule has 0 unspecified atom stereocenters. The summed E-state index contributed by atoms with van der Waals surface area (Å²) in [6.45, 7) is 4.65. The lowest BCUT2D eigenvalue weighted by Gasteiger charge is -2.34. The van der Waals surface area contributed by atoms with Crippen molar-refractivity contribution in [1.29, 1.82) is 0 Å². The number of carbonyl (C=O) groups excluding carboxylic acids is 1. The van der Waals surface area contributed by atoms with E-state index in [0.717, 1.165) is 11.5 Å². The number of aromatic nitrogens is 2. The van der Waals surface area contributed by atoms with Crippen molar-refractivity contribution in [2.45, 2.75) is 6.92 Å². The zero-order valence-electron chi connectivity index (χ0n) is 16.2. The number of nitrogens with one attached hydrogen (secondary N) is 1. The summed E-state index contributed by atoms with van der Waals surface area (Å²) >= 11 is 6.01. The molecular formula is C22H22ClN5O. The number of nitrogens with zero attached hydrogens (tertiary/aromatic N) is 4. The van der Waals surface area contributed by atoms with Crippen molar-refractivity contribution in [3.63, 3.8) is 0 Å². The third-order valence-electron chi connectivity index (χ3n) is 4.89. The maximum Gasteiger partial charge on any atom is 0.254 e. The monoisotopic (exact) mass is 407 g/mol. The Labute approximate surface area is 175 Å². The molecule has 0 atom stereocenters. The predicted molar refractivity (Wildman–Crippen MR) is 116 cm³/mol. The Hall–Kier alpha value is -3.12. The highest BCUT2D eigenvalue weighted by Crippen LogP contribution is 2.19. The van der Waals surface area contributed by atoms with E-state index in [-0.39, 0.29) is 5.91 Å². The van der Waals surface area contributed by atoms with Crippen LogP contribution in [0.5, 0.6) is 0 Å². The number of hydrogen-bond donors (Lipinski definition) is 1. The second-order valence-electron chi connectivity index (χ2n) is 7.02. The van der Waals surface area contributed by atoms with Gasteiger partial charge in [-0.25, -0.2) is 4.98 Å². The summed E-state index contributed by atoms with van der Waals surface area (Å²) in [5.41, 5.74) is 2.81. The molecule has 1 aromatic heterocycles. The van der Waals surface area contributed by atoms with Crippen LogP contribution >= 0.6 is 11.6 Å². The molecule has 1 saturated heterocycles. The molecule has 0 spiro atoms. The highest BCUT2D eigenvalue weighted by molar-refractivity contribution is 6.30. The van der Waals surface area contributed by atoms with Gasteiger partial charge in [-0.3, -0.25) is 4.79 Å². The number of amides is 1. The van der Waals surface area contributed by atoms with Gasteiger partial charge in [-0.15, -0.1) is 0 Å². The lowest BCUT2D eigenvalue weighted by atomic mass is 10.2. The first-order chi connectivity index (χ1) is 14.1. The standard InChI is InChI=1S/C22H22ClN5O/c1-16-5-7-19(8-6-16)25-20-9-10-24-22(26-20)28-13-11-27(12-14-28)21(29)17-3-2-4-18(23)15-17/h2-10,15H,11-14H2,1H3,(H,24,25,26). The van der Waals surface area contributed by atoms with Crippen molar-refractivity contribution < 1.29 is 4.79 Å². The maximum absolute atomic E-state index is 12.7. The molecule has 6 nitrogen and oxygen atoms in total. The number of benzene rings is 2. The summed E-state index contributed by atoms with van der Waals surface area (Å²) in [7, 11) is 0. The fourth-order valence-electron chi connectivity index (χ4n) is 3.27. The van der Waals surface area contributed by atoms with Crippen LogP contribution in [0.3, 0.4) is 0 Å². The molecule has 0 aliphatic carbocycles. The molecule has 148 valence electrons. The molecule has 0 saturated carbocycles. The van der Waals surface area contributed by atoms with Gasteiger partial charge in [0.1, 0.15) is 5.82 Å². The molecule has 0 radical (unpaired) electrons. The lowest BCUT2D eigenvalue weighted by Crippen LogP contribution is -2.49. The fraction of sp³-hybridized carbons (Fsp3) is 0.227. The molecule has 0 bridgehead atoms. The topological polar surface area (TPSA) is 61.4 Å². The Kier molecular flexibility index (Phi) is 5.62. The Bertz CT molecular complexity index is 1000. The lowest BCUT2D eigenvalue weighted by molar-refractivity contribution is 0.0746. The second kappa shape index (κ2) is 8.49. The van der Waals surface area contributed by atoms with Gasteiger partial charge in [-0.2, -0.15) is 4.98 Å². The van der Waals surface area contributed by atoms with E-state index in [2.05, 4.69) is 39.2 Å². The van der Waals surface area contributed by atoms with Gasteiger partial charge in [0.2, 0.25) is 5.95 Å². The van der Waals surface area contributed by atoms with E-state index < -0.39 is 0 Å². The molecule has 1 amide bonds. The molecule has 29 heavy (non-hydrogen) atoms. The molecule has 1 N–H and O–H groups in total. The molecular weight excluding hydrogens is 386 g/mol. The number of rotatable bonds is 4. The minimum Gasteiger partial charge on any atom is -0.340 e. The minimum atomic E-state index is 0.00265. The Morgan fingerprint density at radius 1 is 1.03 bits per heavy atom. The van der Waals surface area contributed by atoms with E-state index in [4.69, 9.17) is 11.6 Å². The van der Waals surface area contributed by atoms with Crippen LogP contribution < -0.4 is 10.2 Å². The SMILES string of the molecule is Cc1ccc(Nc2ccnc(N3CCN(C(=O)c4cccc(Cl)c4)CC3)n2)cc1. The van der Waals surface area contributed by atoms with Gasteiger partial charge in [0.15, 0.2) is 0 Å². The van der Waals surface area contributed by atoms with Crippen LogP contribution in [-0.4, -0.2) is 47.0 Å². The Morgan fingerprint density at radius 2 is 1.79 bits per heavy atom. The summed E-state index contributed by atoms with van der Waals surface area (Å²) < 4.78 is 0. The van der Waals surface area contributed by atoms with Crippen molar-refractivity contribution in [2.75, 3.05) is 36.4 Å². The zero-order chi connectivity index (χ0) is 20.2. The van der Waals surface area contributed by atoms with Crippen LogP contribution in [0.2, 0.25) is 5.02 Å². The van der Waals surface area contributed by atoms with Crippen molar-refractivity contribution in [2.24, 2.45) is 0 Å². The number of hydrogen-bond acceptors (Lipinski definition) is 5. The van der Waals surface area contributed by atoms with E-state index in [1.54, 1.807) is 30.5 Å². The molecule has 1 aliphatic rings. The number of halogens is 1. The molecule has 3 aromatic rings. The molecule has 4 rings (SSSR count). The van der Waals surface area contributed by atoms with Crippen LogP contribution in [0.1, 0.15) is 15.9 Å². The number of piperazine rings is 1. The normalized spacial score (nSPS) is 14.0. The molecule has 2 aromatic carbocycles. The number of aryl methyl sites for hydroxylation is 1. The van der Waals surface area contributed by atoms with Crippen LogP contribution in [0.25, 0.3) is 0 Å². The summed E-state index contributed by atoms with van der Waals surface area (Å²) in [6, 6.07) is 17.1. The second-order valence-corrected chi connectivity index (χ2v) is 7.46. The smallest absolute Gasteiger partial charge is 0.254 e. The Morgan fingerprint density at radius 3 is 2.52 bits per heavy atom. The quantitative estimate of drug-likeness (QED) is 0.704. The highest BCUT2D eigenvalue weighted by atomic mass is 35.5. The fourth-order valence-corrected chi connectivity index (χ4v) is 3.46. The third-order valence-corrected chi connectivity index (χ3v) is 5.12. The van der Waals surface area contributed by atoms with Gasteiger partial charge in [-0.1, -0.05) is 35.4 Å². The van der Waals surface area contributed by atoms with Gasteiger partial charge in [-0.05, 0) is 43.3 Å². The van der Waals surface area contributed by atoms with Crippen LogP contribution in [0.4, 0.5) is 17.5 Å². The van der Waals surface area contributed by atoms with Crippen LogP contribution in [0.15, 0.2) is 60.8 Å². The maximum atomic E-state index is 12.7. The van der Waals surface area contributed by atoms with Crippen molar-refractivity contribution >= 4 is 35.0 Å². The first-order valence-electron chi connectivity index (χ1n) is 9.55. The average Bonchev–Trinajstić information content (AvgIpc) is 2.75.